The topological polar surface area (TPSA) is 26.3 Å². The van der Waals surface area contributed by atoms with E-state index in [0.29, 0.717) is 12.5 Å². The standard InChI is InChI=1S/C15H26O2/c1-7-11(4)14(16)17-9-12-8-13(10(2)3)15(12,5)6/h11-12H,7-9H2,1-6H3/t11?,12-/m0/s1. The summed E-state index contributed by atoms with van der Waals surface area (Å²) in [5.41, 5.74) is 3.15. The van der Waals surface area contributed by atoms with Crippen LogP contribution in [-0.2, 0) is 9.53 Å². The summed E-state index contributed by atoms with van der Waals surface area (Å²) < 4.78 is 5.40. The number of carbonyl (C=O) groups is 1. The predicted molar refractivity (Wildman–Crippen MR) is 70.7 cm³/mol. The maximum atomic E-state index is 11.6. The minimum Gasteiger partial charge on any atom is -0.465 e. The largest absolute Gasteiger partial charge is 0.465 e. The summed E-state index contributed by atoms with van der Waals surface area (Å²) >= 11 is 0. The Hall–Kier alpha value is -0.790. The normalized spacial score (nSPS) is 23.9. The highest BCUT2D eigenvalue weighted by Gasteiger charge is 2.44. The van der Waals surface area contributed by atoms with E-state index in [9.17, 15) is 4.79 Å². The fourth-order valence-electron chi connectivity index (χ4n) is 2.49. The lowest BCUT2D eigenvalue weighted by atomic mass is 9.58. The molecule has 1 unspecified atom stereocenters. The van der Waals surface area contributed by atoms with Crippen LogP contribution in [0.4, 0.5) is 0 Å². The zero-order valence-electron chi connectivity index (χ0n) is 12.1. The molecule has 2 nitrogen and oxygen atoms in total. The summed E-state index contributed by atoms with van der Waals surface area (Å²) in [6.45, 7) is 13.3. The van der Waals surface area contributed by atoms with Gasteiger partial charge in [0.2, 0.25) is 0 Å². The van der Waals surface area contributed by atoms with Gasteiger partial charge in [-0.05, 0) is 32.1 Å². The minimum atomic E-state index is -0.0473. The van der Waals surface area contributed by atoms with Gasteiger partial charge in [-0.2, -0.15) is 0 Å². The van der Waals surface area contributed by atoms with E-state index in [1.807, 2.05) is 13.8 Å². The third-order valence-corrected chi connectivity index (χ3v) is 4.29. The van der Waals surface area contributed by atoms with E-state index >= 15 is 0 Å². The fourth-order valence-corrected chi connectivity index (χ4v) is 2.49. The van der Waals surface area contributed by atoms with Crippen molar-refractivity contribution < 1.29 is 9.53 Å². The summed E-state index contributed by atoms with van der Waals surface area (Å²) in [6.07, 6.45) is 1.94. The molecule has 98 valence electrons. The number of ether oxygens (including phenoxy) is 1. The molecule has 1 rings (SSSR count). The molecule has 0 amide bonds. The third kappa shape index (κ3) is 2.91. The van der Waals surface area contributed by atoms with Crippen molar-refractivity contribution in [1.29, 1.82) is 0 Å². The maximum absolute atomic E-state index is 11.6. The van der Waals surface area contributed by atoms with Crippen molar-refractivity contribution in [2.45, 2.75) is 54.4 Å². The molecule has 0 aromatic carbocycles. The van der Waals surface area contributed by atoms with Crippen LogP contribution >= 0.6 is 0 Å². The third-order valence-electron chi connectivity index (χ3n) is 4.29. The zero-order chi connectivity index (χ0) is 13.2. The molecule has 1 aliphatic carbocycles. The Balaban J connectivity index is 2.47. The Bertz CT molecular complexity index is 322. The van der Waals surface area contributed by atoms with Gasteiger partial charge in [-0.3, -0.25) is 4.79 Å². The van der Waals surface area contributed by atoms with Crippen LogP contribution in [0, 0.1) is 17.3 Å². The van der Waals surface area contributed by atoms with Gasteiger partial charge in [0.1, 0.15) is 0 Å². The number of carbonyl (C=O) groups excluding carboxylic acids is 1. The van der Waals surface area contributed by atoms with Gasteiger partial charge in [0.25, 0.3) is 0 Å². The summed E-state index contributed by atoms with van der Waals surface area (Å²) in [7, 11) is 0. The first-order valence-corrected chi connectivity index (χ1v) is 6.64. The first-order valence-electron chi connectivity index (χ1n) is 6.64. The molecule has 0 aliphatic heterocycles. The summed E-state index contributed by atoms with van der Waals surface area (Å²) in [5, 5.41) is 0. The van der Waals surface area contributed by atoms with Gasteiger partial charge in [-0.15, -0.1) is 0 Å². The highest BCUT2D eigenvalue weighted by atomic mass is 16.5. The number of allylic oxidation sites excluding steroid dienone is 2. The average Bonchev–Trinajstić information content (AvgIpc) is 2.25. The first-order chi connectivity index (χ1) is 7.80. The second-order valence-corrected chi connectivity index (χ2v) is 6.04. The SMILES string of the molecule is CCC(C)C(=O)OC[C@@H]1CC(=C(C)C)C1(C)C. The van der Waals surface area contributed by atoms with Crippen molar-refractivity contribution in [3.63, 3.8) is 0 Å². The summed E-state index contributed by atoms with van der Waals surface area (Å²) in [4.78, 5) is 11.6. The van der Waals surface area contributed by atoms with Crippen molar-refractivity contribution in [2.24, 2.45) is 17.3 Å². The van der Waals surface area contributed by atoms with E-state index in [4.69, 9.17) is 4.74 Å². The monoisotopic (exact) mass is 238 g/mol. The molecular formula is C15H26O2. The number of hydrogen-bond donors (Lipinski definition) is 0. The molecular weight excluding hydrogens is 212 g/mol. The lowest BCUT2D eigenvalue weighted by Crippen LogP contribution is -2.41. The molecule has 0 bridgehead atoms. The van der Waals surface area contributed by atoms with Gasteiger partial charge in [0.05, 0.1) is 12.5 Å². The van der Waals surface area contributed by atoms with Crippen molar-refractivity contribution >= 4 is 5.97 Å². The molecule has 0 aromatic heterocycles. The first kappa shape index (κ1) is 14.3. The number of rotatable bonds is 4. The van der Waals surface area contributed by atoms with Crippen molar-refractivity contribution in [2.75, 3.05) is 6.61 Å². The van der Waals surface area contributed by atoms with Crippen LogP contribution in [0.1, 0.15) is 54.4 Å². The Kier molecular flexibility index (Phi) is 4.40. The smallest absolute Gasteiger partial charge is 0.308 e. The zero-order valence-corrected chi connectivity index (χ0v) is 12.1. The van der Waals surface area contributed by atoms with Gasteiger partial charge in [0, 0.05) is 5.92 Å². The molecule has 0 saturated heterocycles. The summed E-state index contributed by atoms with van der Waals surface area (Å²) in [6, 6.07) is 0. The van der Waals surface area contributed by atoms with Gasteiger partial charge in [-0.1, -0.05) is 38.8 Å². The van der Waals surface area contributed by atoms with Crippen LogP contribution in [0.3, 0.4) is 0 Å². The van der Waals surface area contributed by atoms with E-state index in [0.717, 1.165) is 12.8 Å². The van der Waals surface area contributed by atoms with Crippen LogP contribution in [-0.4, -0.2) is 12.6 Å². The molecule has 2 atom stereocenters. The van der Waals surface area contributed by atoms with E-state index in [1.54, 1.807) is 0 Å². The Morgan fingerprint density at radius 2 is 2.06 bits per heavy atom. The van der Waals surface area contributed by atoms with Gasteiger partial charge in [-0.25, -0.2) is 0 Å². The predicted octanol–water partition coefficient (Wildman–Crippen LogP) is 3.96. The Morgan fingerprint density at radius 1 is 1.47 bits per heavy atom. The molecule has 1 aliphatic rings. The molecule has 0 heterocycles. The van der Waals surface area contributed by atoms with Crippen LogP contribution in [0.5, 0.6) is 0 Å². The quantitative estimate of drug-likeness (QED) is 0.547. The number of hydrogen-bond acceptors (Lipinski definition) is 2. The molecule has 0 radical (unpaired) electrons. The van der Waals surface area contributed by atoms with E-state index in [-0.39, 0.29) is 17.3 Å². The molecule has 0 spiro atoms. The Labute approximate surface area is 105 Å². The van der Waals surface area contributed by atoms with Crippen LogP contribution in [0.25, 0.3) is 0 Å². The maximum Gasteiger partial charge on any atom is 0.308 e. The van der Waals surface area contributed by atoms with Crippen molar-refractivity contribution in [1.82, 2.24) is 0 Å². The van der Waals surface area contributed by atoms with Crippen LogP contribution in [0.15, 0.2) is 11.1 Å². The Morgan fingerprint density at radius 3 is 2.47 bits per heavy atom. The lowest BCUT2D eigenvalue weighted by Gasteiger charge is -2.48. The summed E-state index contributed by atoms with van der Waals surface area (Å²) in [5.74, 6) is 0.468. The molecule has 0 aromatic rings. The van der Waals surface area contributed by atoms with Gasteiger partial charge in [0.15, 0.2) is 0 Å². The van der Waals surface area contributed by atoms with Crippen molar-refractivity contribution in [3.05, 3.63) is 11.1 Å². The minimum absolute atomic E-state index is 0.0288. The van der Waals surface area contributed by atoms with E-state index in [1.165, 1.54) is 11.1 Å². The fraction of sp³-hybridized carbons (Fsp3) is 0.800. The average molecular weight is 238 g/mol. The molecule has 0 N–H and O–H groups in total. The molecule has 1 fully saturated rings. The molecule has 1 saturated carbocycles. The second kappa shape index (κ2) is 5.24. The highest BCUT2D eigenvalue weighted by molar-refractivity contribution is 5.71. The van der Waals surface area contributed by atoms with Gasteiger partial charge >= 0.3 is 5.97 Å². The second-order valence-electron chi connectivity index (χ2n) is 6.04. The van der Waals surface area contributed by atoms with E-state index in [2.05, 4.69) is 27.7 Å². The highest BCUT2D eigenvalue weighted by Crippen LogP contribution is 2.52. The molecule has 17 heavy (non-hydrogen) atoms. The van der Waals surface area contributed by atoms with E-state index < -0.39 is 0 Å². The lowest BCUT2D eigenvalue weighted by molar-refractivity contribution is -0.151. The molecule has 2 heteroatoms. The van der Waals surface area contributed by atoms with Crippen LogP contribution < -0.4 is 0 Å². The van der Waals surface area contributed by atoms with Crippen LogP contribution in [0.2, 0.25) is 0 Å². The van der Waals surface area contributed by atoms with Gasteiger partial charge < -0.3 is 4.74 Å². The number of esters is 1. The van der Waals surface area contributed by atoms with Crippen molar-refractivity contribution in [3.8, 4) is 0 Å².